The Balaban J connectivity index is 1.15. The fourth-order valence-electron chi connectivity index (χ4n) is 7.99. The largest absolute Gasteiger partial charge is 0.354 e. The number of thiophene rings is 1. The molecule has 0 saturated carbocycles. The molecule has 3 aliphatic rings. The summed E-state index contributed by atoms with van der Waals surface area (Å²) in [6, 6.07) is 16.1. The Bertz CT molecular complexity index is 2060. The first-order valence-corrected chi connectivity index (χ1v) is 19.8. The Kier molecular flexibility index (Phi) is 11.5. The number of anilines is 1. The molecule has 1 fully saturated rings. The zero-order chi connectivity index (χ0) is 38.6. The molecular weight excluding hydrogens is 699 g/mol. The van der Waals surface area contributed by atoms with Crippen LogP contribution in [0.4, 0.5) is 17.1 Å². The van der Waals surface area contributed by atoms with Crippen molar-refractivity contribution in [1.82, 2.24) is 10.2 Å². The first-order valence-electron chi connectivity index (χ1n) is 18.9. The molecule has 0 spiro atoms. The number of imide groups is 1. The van der Waals surface area contributed by atoms with Crippen LogP contribution in [0.2, 0.25) is 0 Å². The van der Waals surface area contributed by atoms with Gasteiger partial charge in [0, 0.05) is 96.8 Å². The maximum atomic E-state index is 12.5. The summed E-state index contributed by atoms with van der Waals surface area (Å²) in [5.74, 6) is -0.391. The highest BCUT2D eigenvalue weighted by molar-refractivity contribution is 7.13. The minimum atomic E-state index is -0.387. The molecule has 0 aliphatic carbocycles. The van der Waals surface area contributed by atoms with Crippen LogP contribution in [0.1, 0.15) is 84.3 Å². The van der Waals surface area contributed by atoms with Crippen molar-refractivity contribution in [3.8, 4) is 10.4 Å². The number of nitro benzene ring substituents is 1. The van der Waals surface area contributed by atoms with Crippen LogP contribution in [0.15, 0.2) is 90.0 Å². The predicted molar refractivity (Wildman–Crippen MR) is 216 cm³/mol. The van der Waals surface area contributed by atoms with E-state index in [1.807, 2.05) is 6.07 Å². The van der Waals surface area contributed by atoms with Gasteiger partial charge in [-0.15, -0.1) is 11.3 Å². The zero-order valence-corrected chi connectivity index (χ0v) is 32.7. The third-order valence-corrected chi connectivity index (χ3v) is 11.8. The summed E-state index contributed by atoms with van der Waals surface area (Å²) in [5, 5.41) is 16.5. The average molecular weight is 749 g/mol. The molecule has 11 heteroatoms. The molecule has 1 N–H and O–H groups in total. The second kappa shape index (κ2) is 16.1. The van der Waals surface area contributed by atoms with E-state index in [1.54, 1.807) is 23.5 Å². The summed E-state index contributed by atoms with van der Waals surface area (Å²) in [6.45, 7) is 13.0. The first kappa shape index (κ1) is 38.6. The Labute approximate surface area is 321 Å². The average Bonchev–Trinajstić information content (AvgIpc) is 3.89. The quantitative estimate of drug-likeness (QED) is 0.0417. The van der Waals surface area contributed by atoms with E-state index in [2.05, 4.69) is 116 Å². The number of likely N-dealkylation sites (tertiary alicyclic amines) is 1. The summed E-state index contributed by atoms with van der Waals surface area (Å²) in [5.41, 5.74) is 7.45. The van der Waals surface area contributed by atoms with Crippen molar-refractivity contribution < 1.29 is 23.9 Å². The highest BCUT2D eigenvalue weighted by atomic mass is 32.1. The molecule has 2 aromatic carbocycles. The van der Waals surface area contributed by atoms with Gasteiger partial charge in [-0.1, -0.05) is 38.1 Å². The van der Waals surface area contributed by atoms with E-state index in [-0.39, 0.29) is 65.1 Å². The summed E-state index contributed by atoms with van der Waals surface area (Å²) < 4.78 is 2.42. The number of nitro groups is 1. The van der Waals surface area contributed by atoms with Crippen molar-refractivity contribution in [2.45, 2.75) is 84.0 Å². The number of carbonyl (C=O) groups is 3. The van der Waals surface area contributed by atoms with Gasteiger partial charge in [0.2, 0.25) is 23.4 Å². The predicted octanol–water partition coefficient (Wildman–Crippen LogP) is 8.34. The lowest BCUT2D eigenvalue weighted by Gasteiger charge is -2.25. The molecular formula is C43H50N5O5S+. The van der Waals surface area contributed by atoms with E-state index in [4.69, 9.17) is 0 Å². The van der Waals surface area contributed by atoms with Crippen LogP contribution < -0.4 is 10.2 Å². The number of non-ortho nitro benzene ring substituents is 1. The minimum Gasteiger partial charge on any atom is -0.354 e. The number of carbonyl (C=O) groups excluding carboxylic acids is 3. The molecule has 0 bridgehead atoms. The molecule has 0 atom stereocenters. The highest BCUT2D eigenvalue weighted by Crippen LogP contribution is 2.49. The van der Waals surface area contributed by atoms with Crippen LogP contribution in [-0.2, 0) is 25.2 Å². The van der Waals surface area contributed by atoms with E-state index in [1.165, 1.54) is 32.3 Å². The number of allylic oxidation sites excluding steroid dienone is 6. The molecule has 1 aromatic heterocycles. The Morgan fingerprint density at radius 3 is 2.43 bits per heavy atom. The van der Waals surface area contributed by atoms with Gasteiger partial charge in [-0.25, -0.2) is 0 Å². The van der Waals surface area contributed by atoms with Gasteiger partial charge >= 0.3 is 0 Å². The smallest absolute Gasteiger partial charge is 0.269 e. The number of likely N-dealkylation sites (N-methyl/N-ethyl adjacent to an activating group) is 1. The van der Waals surface area contributed by atoms with E-state index in [9.17, 15) is 24.5 Å². The highest BCUT2D eigenvalue weighted by Gasteiger charge is 2.44. The van der Waals surface area contributed by atoms with E-state index in [0.29, 0.717) is 6.42 Å². The third-order valence-electron chi connectivity index (χ3n) is 10.9. The molecule has 1 saturated heterocycles. The summed E-state index contributed by atoms with van der Waals surface area (Å²) in [4.78, 5) is 52.0. The number of hydrogen-bond donors (Lipinski definition) is 1. The number of unbranched alkanes of at least 4 members (excludes halogenated alkanes) is 2. The van der Waals surface area contributed by atoms with E-state index in [0.717, 1.165) is 49.3 Å². The second-order valence-electron chi connectivity index (χ2n) is 15.1. The van der Waals surface area contributed by atoms with Crippen LogP contribution in [0.25, 0.3) is 10.4 Å². The lowest BCUT2D eigenvalue weighted by Crippen LogP contribution is -2.37. The van der Waals surface area contributed by atoms with Gasteiger partial charge in [0.05, 0.1) is 10.3 Å². The number of hydrogen-bond acceptors (Lipinski definition) is 7. The van der Waals surface area contributed by atoms with Gasteiger partial charge in [-0.05, 0) is 80.5 Å². The van der Waals surface area contributed by atoms with Gasteiger partial charge in [-0.3, -0.25) is 29.4 Å². The lowest BCUT2D eigenvalue weighted by atomic mass is 9.80. The number of nitrogens with one attached hydrogen (secondary N) is 1. The summed E-state index contributed by atoms with van der Waals surface area (Å²) in [7, 11) is 0. The number of benzene rings is 2. The molecule has 54 heavy (non-hydrogen) atoms. The summed E-state index contributed by atoms with van der Waals surface area (Å²) in [6.07, 6.45) is 14.0. The molecule has 6 rings (SSSR count). The van der Waals surface area contributed by atoms with Crippen LogP contribution >= 0.6 is 11.3 Å². The topological polar surface area (TPSA) is 116 Å². The zero-order valence-electron chi connectivity index (χ0n) is 31.9. The Hall–Kier alpha value is -5.16. The molecule has 0 unspecified atom stereocenters. The first-order chi connectivity index (χ1) is 25.8. The third kappa shape index (κ3) is 7.73. The van der Waals surface area contributed by atoms with E-state index >= 15 is 0 Å². The normalized spacial score (nSPS) is 18.1. The second-order valence-corrected chi connectivity index (χ2v) is 16.0. The Morgan fingerprint density at radius 2 is 1.72 bits per heavy atom. The van der Waals surface area contributed by atoms with Gasteiger partial charge in [0.15, 0.2) is 5.71 Å². The molecule has 0 radical (unpaired) electrons. The SMILES string of the molecule is CCN1/C(=C/C=C/C=C/C2=[N+](CCCCCC(=O)NCCN3C(=O)CCC3=O)c3ccc(-c4cccs4)cc3C2(C)C)C(C)(C)c2cc([N+](=O)[O-])ccc21. The minimum absolute atomic E-state index is 0.0620. The summed E-state index contributed by atoms with van der Waals surface area (Å²) >= 11 is 1.74. The molecule has 3 aliphatic heterocycles. The molecule has 3 amide bonds. The van der Waals surface area contributed by atoms with Crippen LogP contribution in [-0.4, -0.2) is 64.0 Å². The van der Waals surface area contributed by atoms with Gasteiger partial charge in [-0.2, -0.15) is 4.58 Å². The van der Waals surface area contributed by atoms with Crippen molar-refractivity contribution in [3.05, 3.63) is 111 Å². The maximum absolute atomic E-state index is 12.5. The molecule has 282 valence electrons. The number of fused-ring (bicyclic) bond motifs is 2. The fraction of sp³-hybridized carbons (Fsp3) is 0.395. The number of rotatable bonds is 15. The van der Waals surface area contributed by atoms with Crippen molar-refractivity contribution in [2.24, 2.45) is 0 Å². The molecule has 4 heterocycles. The molecule has 10 nitrogen and oxygen atoms in total. The van der Waals surface area contributed by atoms with Crippen molar-refractivity contribution in [2.75, 3.05) is 31.1 Å². The van der Waals surface area contributed by atoms with Gasteiger partial charge < -0.3 is 10.2 Å². The number of amides is 3. The van der Waals surface area contributed by atoms with Crippen LogP contribution in [0, 0.1) is 10.1 Å². The van der Waals surface area contributed by atoms with Crippen LogP contribution in [0.5, 0.6) is 0 Å². The monoisotopic (exact) mass is 748 g/mol. The Morgan fingerprint density at radius 1 is 0.944 bits per heavy atom. The van der Waals surface area contributed by atoms with Crippen molar-refractivity contribution in [3.63, 3.8) is 0 Å². The van der Waals surface area contributed by atoms with Gasteiger partial charge in [0.25, 0.3) is 5.69 Å². The number of nitrogens with zero attached hydrogens (tertiary/aromatic N) is 4. The van der Waals surface area contributed by atoms with Crippen molar-refractivity contribution >= 4 is 51.8 Å². The van der Waals surface area contributed by atoms with Crippen molar-refractivity contribution in [1.29, 1.82) is 0 Å². The lowest BCUT2D eigenvalue weighted by molar-refractivity contribution is -0.438. The fourth-order valence-corrected chi connectivity index (χ4v) is 8.71. The van der Waals surface area contributed by atoms with E-state index < -0.39 is 0 Å². The van der Waals surface area contributed by atoms with Gasteiger partial charge in [0.1, 0.15) is 6.54 Å². The maximum Gasteiger partial charge on any atom is 0.269 e. The van der Waals surface area contributed by atoms with Crippen LogP contribution in [0.3, 0.4) is 0 Å². The standard InChI is InChI=1S/C43H49N5O5S/c1-6-45-34-21-19-31(48(52)53)29-33(34)43(4,5)37(45)15-9-7-10-16-38-42(2,3)32-28-30(36-14-13-27-54-36)18-20-35(32)46(38)25-12-8-11-17-39(49)44-24-26-47-40(50)22-23-41(47)51/h7,9-10,13-16,18-21,27-29H,6,8,11-12,17,22-26H2,1-5H3/p+1. The molecule has 3 aromatic rings.